The van der Waals surface area contributed by atoms with Gasteiger partial charge in [-0.1, -0.05) is 20.8 Å². The molecule has 2 saturated carbocycles. The molecule has 8 heteroatoms. The van der Waals surface area contributed by atoms with Crippen molar-refractivity contribution in [2.45, 2.75) is 71.8 Å². The first-order chi connectivity index (χ1) is 12.3. The molecule has 3 aliphatic rings. The van der Waals surface area contributed by atoms with Crippen molar-refractivity contribution >= 4 is 17.7 Å². The summed E-state index contributed by atoms with van der Waals surface area (Å²) in [6.45, 7) is 6.40. The number of Topliss-reactive ketones (excluding diaryl/α,β-unsaturated/α-hetero) is 1. The zero-order chi connectivity index (χ0) is 20.4. The number of fused-ring (bicyclic) bond motifs is 1. The van der Waals surface area contributed by atoms with Gasteiger partial charge in [0.2, 0.25) is 0 Å². The van der Waals surface area contributed by atoms with Gasteiger partial charge >= 0.3 is 18.1 Å². The average molecular weight is 390 g/mol. The highest BCUT2D eigenvalue weighted by atomic mass is 19.4. The lowest BCUT2D eigenvalue weighted by atomic mass is 9.68. The van der Waals surface area contributed by atoms with Crippen LogP contribution < -0.4 is 0 Å². The Bertz CT molecular complexity index is 671. The summed E-state index contributed by atoms with van der Waals surface area (Å²) in [6, 6.07) is 0. The zero-order valence-electron chi connectivity index (χ0n) is 15.9. The van der Waals surface area contributed by atoms with Gasteiger partial charge in [0.25, 0.3) is 0 Å². The number of alkyl halides is 3. The third kappa shape index (κ3) is 2.95. The number of rotatable bonds is 6. The fourth-order valence-electron chi connectivity index (χ4n) is 4.74. The molecule has 152 valence electrons. The lowest BCUT2D eigenvalue weighted by molar-refractivity contribution is -0.222. The molecule has 0 aromatic rings. The van der Waals surface area contributed by atoms with E-state index in [-0.39, 0.29) is 30.5 Å². The van der Waals surface area contributed by atoms with Gasteiger partial charge in [-0.2, -0.15) is 13.2 Å². The number of ketones is 1. The number of halogens is 3. The maximum atomic E-state index is 12.7. The van der Waals surface area contributed by atoms with Crippen LogP contribution >= 0.6 is 0 Å². The fraction of sp³-hybridized carbons (Fsp3) is 0.842. The second-order valence-corrected chi connectivity index (χ2v) is 8.77. The standard InChI is InChI=1S/C19H25F3O5/c1-5-17(3,4)13(23)7-11-10-6-12-14(11)27-16(25)18(12,8-10)15(24)26-9(2)19(20,21)22/h9-12,14H,5-8H2,1-4H3. The number of esters is 2. The van der Waals surface area contributed by atoms with Crippen molar-refractivity contribution in [1.82, 2.24) is 0 Å². The molecule has 1 heterocycles. The molecule has 0 spiro atoms. The number of carbonyl (C=O) groups excluding carboxylic acids is 3. The summed E-state index contributed by atoms with van der Waals surface area (Å²) < 4.78 is 48.2. The summed E-state index contributed by atoms with van der Waals surface area (Å²) in [5.74, 6) is -2.66. The van der Waals surface area contributed by atoms with Gasteiger partial charge in [0.05, 0.1) is 0 Å². The first-order valence-electron chi connectivity index (χ1n) is 9.36. The van der Waals surface area contributed by atoms with Gasteiger partial charge in [0, 0.05) is 23.7 Å². The Morgan fingerprint density at radius 1 is 1.33 bits per heavy atom. The van der Waals surface area contributed by atoms with Crippen LogP contribution in [-0.4, -0.2) is 36.1 Å². The van der Waals surface area contributed by atoms with Crippen molar-refractivity contribution in [3.05, 3.63) is 0 Å². The summed E-state index contributed by atoms with van der Waals surface area (Å²) in [4.78, 5) is 37.6. The summed E-state index contributed by atoms with van der Waals surface area (Å²) in [5.41, 5.74) is -2.13. The Balaban J connectivity index is 1.77. The second kappa shape index (κ2) is 6.21. The minimum absolute atomic E-state index is 0.0735. The van der Waals surface area contributed by atoms with Crippen molar-refractivity contribution in [2.75, 3.05) is 0 Å². The van der Waals surface area contributed by atoms with E-state index in [2.05, 4.69) is 4.74 Å². The number of hydrogen-bond acceptors (Lipinski definition) is 5. The fourth-order valence-corrected chi connectivity index (χ4v) is 4.74. The maximum Gasteiger partial charge on any atom is 0.425 e. The molecule has 27 heavy (non-hydrogen) atoms. The van der Waals surface area contributed by atoms with Crippen molar-refractivity contribution in [1.29, 1.82) is 0 Å². The lowest BCUT2D eigenvalue weighted by Gasteiger charge is -2.32. The summed E-state index contributed by atoms with van der Waals surface area (Å²) in [5, 5.41) is 0. The highest BCUT2D eigenvalue weighted by Crippen LogP contribution is 2.65. The molecule has 2 aliphatic carbocycles. The molecule has 0 radical (unpaired) electrons. The first-order valence-corrected chi connectivity index (χ1v) is 9.36. The highest BCUT2D eigenvalue weighted by molar-refractivity contribution is 6.03. The van der Waals surface area contributed by atoms with E-state index in [1.54, 1.807) is 0 Å². The van der Waals surface area contributed by atoms with Crippen LogP contribution in [0.1, 0.15) is 53.4 Å². The van der Waals surface area contributed by atoms with Gasteiger partial charge in [-0.25, -0.2) is 0 Å². The zero-order valence-corrected chi connectivity index (χ0v) is 15.9. The molecule has 0 N–H and O–H groups in total. The molecule has 0 amide bonds. The molecule has 6 unspecified atom stereocenters. The topological polar surface area (TPSA) is 69.7 Å². The largest absolute Gasteiger partial charge is 0.461 e. The van der Waals surface area contributed by atoms with Gasteiger partial charge in [-0.05, 0) is 32.1 Å². The van der Waals surface area contributed by atoms with E-state index in [9.17, 15) is 27.6 Å². The molecule has 1 aliphatic heterocycles. The normalized spacial score (nSPS) is 35.9. The van der Waals surface area contributed by atoms with E-state index in [1.165, 1.54) is 0 Å². The van der Waals surface area contributed by atoms with E-state index in [0.29, 0.717) is 12.8 Å². The van der Waals surface area contributed by atoms with Gasteiger partial charge in [0.15, 0.2) is 11.5 Å². The Labute approximate surface area is 155 Å². The third-order valence-electron chi connectivity index (χ3n) is 6.97. The molecular formula is C19H25F3O5. The monoisotopic (exact) mass is 390 g/mol. The Hall–Kier alpha value is -1.60. The number of hydrogen-bond donors (Lipinski definition) is 0. The van der Waals surface area contributed by atoms with E-state index < -0.39 is 47.1 Å². The molecule has 0 aromatic heterocycles. The summed E-state index contributed by atoms with van der Waals surface area (Å²) in [7, 11) is 0. The van der Waals surface area contributed by atoms with Gasteiger partial charge in [-0.15, -0.1) is 0 Å². The lowest BCUT2D eigenvalue weighted by Crippen LogP contribution is -2.46. The molecule has 3 fully saturated rings. The quantitative estimate of drug-likeness (QED) is 0.513. The SMILES string of the molecule is CCC(C)(C)C(=O)CC1C2CC3C1OC(=O)C3(C(=O)OC(C)C(F)(F)F)C2. The molecular weight excluding hydrogens is 365 g/mol. The average Bonchev–Trinajstić information content (AvgIpc) is 3.16. The van der Waals surface area contributed by atoms with Crippen molar-refractivity contribution < 1.29 is 37.0 Å². The predicted octanol–water partition coefficient (Wildman–Crippen LogP) is 3.44. The van der Waals surface area contributed by atoms with Crippen LogP contribution in [0.5, 0.6) is 0 Å². The van der Waals surface area contributed by atoms with Crippen molar-refractivity contribution in [3.8, 4) is 0 Å². The number of ether oxygens (including phenoxy) is 2. The third-order valence-corrected chi connectivity index (χ3v) is 6.97. The van der Waals surface area contributed by atoms with Gasteiger partial charge < -0.3 is 9.47 Å². The van der Waals surface area contributed by atoms with Crippen LogP contribution in [-0.2, 0) is 23.9 Å². The molecule has 2 bridgehead atoms. The number of carbonyl (C=O) groups is 3. The van der Waals surface area contributed by atoms with Crippen LogP contribution in [0.25, 0.3) is 0 Å². The first kappa shape index (κ1) is 20.1. The minimum Gasteiger partial charge on any atom is -0.461 e. The van der Waals surface area contributed by atoms with Crippen molar-refractivity contribution in [3.63, 3.8) is 0 Å². The van der Waals surface area contributed by atoms with E-state index in [0.717, 1.165) is 6.92 Å². The molecule has 1 saturated heterocycles. The Morgan fingerprint density at radius 3 is 2.52 bits per heavy atom. The van der Waals surface area contributed by atoms with Crippen LogP contribution in [0.15, 0.2) is 0 Å². The van der Waals surface area contributed by atoms with Crippen LogP contribution in [0.2, 0.25) is 0 Å². The molecule has 6 atom stereocenters. The van der Waals surface area contributed by atoms with Crippen LogP contribution in [0, 0.1) is 28.6 Å². The van der Waals surface area contributed by atoms with Crippen LogP contribution in [0.3, 0.4) is 0 Å². The highest BCUT2D eigenvalue weighted by Gasteiger charge is 2.74. The molecule has 5 nitrogen and oxygen atoms in total. The van der Waals surface area contributed by atoms with E-state index >= 15 is 0 Å². The van der Waals surface area contributed by atoms with Gasteiger partial charge in [-0.3, -0.25) is 14.4 Å². The minimum atomic E-state index is -4.69. The Morgan fingerprint density at radius 2 is 1.96 bits per heavy atom. The predicted molar refractivity (Wildman–Crippen MR) is 87.3 cm³/mol. The smallest absolute Gasteiger partial charge is 0.425 e. The molecule has 0 aromatic carbocycles. The summed E-state index contributed by atoms with van der Waals surface area (Å²) >= 11 is 0. The Kier molecular flexibility index (Phi) is 4.63. The van der Waals surface area contributed by atoms with Crippen LogP contribution in [0.4, 0.5) is 13.2 Å². The van der Waals surface area contributed by atoms with Crippen molar-refractivity contribution in [2.24, 2.45) is 28.6 Å². The maximum absolute atomic E-state index is 12.7. The van der Waals surface area contributed by atoms with E-state index in [4.69, 9.17) is 4.74 Å². The molecule has 3 rings (SSSR count). The second-order valence-electron chi connectivity index (χ2n) is 8.77. The van der Waals surface area contributed by atoms with E-state index in [1.807, 2.05) is 20.8 Å². The summed E-state index contributed by atoms with van der Waals surface area (Å²) in [6.07, 6.45) is -6.04. The van der Waals surface area contributed by atoms with Gasteiger partial charge in [0.1, 0.15) is 11.9 Å².